The van der Waals surface area contributed by atoms with Crippen LogP contribution in [-0.2, 0) is 4.79 Å². The minimum absolute atomic E-state index is 0.283. The Kier molecular flexibility index (Phi) is 3.65. The summed E-state index contributed by atoms with van der Waals surface area (Å²) in [5, 5.41) is 12.6. The van der Waals surface area contributed by atoms with Crippen LogP contribution >= 0.6 is 0 Å². The van der Waals surface area contributed by atoms with Gasteiger partial charge in [0.2, 0.25) is 0 Å². The van der Waals surface area contributed by atoms with Gasteiger partial charge >= 0.3 is 5.63 Å². The maximum atomic E-state index is 12.1. The normalized spacial score (nSPS) is 12.3. The fraction of sp³-hybridized carbons (Fsp3) is 0.176. The number of fused-ring (bicyclic) bond motifs is 3. The number of methoxy groups -OCH3 is 1. The molecular formula is C17H13O6-. The Labute approximate surface area is 130 Å². The maximum Gasteiger partial charge on any atom is 0.344 e. The average Bonchev–Trinajstić information content (AvgIpc) is 2.54. The first-order chi connectivity index (χ1) is 11.0. The van der Waals surface area contributed by atoms with Crippen LogP contribution in [0.5, 0.6) is 11.5 Å². The smallest absolute Gasteiger partial charge is 0.344 e. The fourth-order valence-electron chi connectivity index (χ4n) is 2.34. The van der Waals surface area contributed by atoms with Gasteiger partial charge < -0.3 is 23.8 Å². The molecule has 0 aliphatic carbocycles. The molecule has 0 saturated carbocycles. The van der Waals surface area contributed by atoms with E-state index in [1.807, 2.05) is 0 Å². The highest BCUT2D eigenvalue weighted by Gasteiger charge is 2.11. The monoisotopic (exact) mass is 313 g/mol. The zero-order valence-electron chi connectivity index (χ0n) is 12.5. The number of hydrogen-bond acceptors (Lipinski definition) is 6. The molecule has 0 spiro atoms. The zero-order chi connectivity index (χ0) is 16.6. The summed E-state index contributed by atoms with van der Waals surface area (Å²) < 4.78 is 15.6. The quantitative estimate of drug-likeness (QED) is 0.535. The Bertz CT molecular complexity index is 956. The van der Waals surface area contributed by atoms with Crippen LogP contribution in [0.1, 0.15) is 6.92 Å². The van der Waals surface area contributed by atoms with Gasteiger partial charge in [0.15, 0.2) is 0 Å². The van der Waals surface area contributed by atoms with Crippen LogP contribution in [0.4, 0.5) is 0 Å². The van der Waals surface area contributed by atoms with Crippen molar-refractivity contribution < 1.29 is 23.8 Å². The summed E-state index contributed by atoms with van der Waals surface area (Å²) in [6.07, 6.45) is -1.11. The summed E-state index contributed by atoms with van der Waals surface area (Å²) in [6, 6.07) is 9.96. The lowest BCUT2D eigenvalue weighted by atomic mass is 10.1. The van der Waals surface area contributed by atoms with Crippen molar-refractivity contribution in [2.24, 2.45) is 0 Å². The first kappa shape index (κ1) is 14.9. The van der Waals surface area contributed by atoms with Crippen molar-refractivity contribution in [2.45, 2.75) is 13.0 Å². The van der Waals surface area contributed by atoms with Gasteiger partial charge in [0, 0.05) is 16.8 Å². The molecule has 0 saturated heterocycles. The molecule has 1 heterocycles. The molecule has 0 aliphatic rings. The minimum atomic E-state index is -1.32. The molecule has 3 rings (SSSR count). The number of carbonyl (C=O) groups is 1. The molecule has 0 bridgehead atoms. The van der Waals surface area contributed by atoms with Gasteiger partial charge in [0.05, 0.1) is 18.5 Å². The van der Waals surface area contributed by atoms with Gasteiger partial charge in [-0.1, -0.05) is 0 Å². The van der Waals surface area contributed by atoms with E-state index in [1.165, 1.54) is 20.1 Å². The molecular weight excluding hydrogens is 300 g/mol. The van der Waals surface area contributed by atoms with Gasteiger partial charge in [-0.25, -0.2) is 4.79 Å². The van der Waals surface area contributed by atoms with Crippen molar-refractivity contribution in [3.05, 3.63) is 46.8 Å². The third-order valence-electron chi connectivity index (χ3n) is 3.54. The molecule has 1 atom stereocenters. The molecule has 0 unspecified atom stereocenters. The second-order valence-electron chi connectivity index (χ2n) is 5.04. The minimum Gasteiger partial charge on any atom is -0.546 e. The summed E-state index contributed by atoms with van der Waals surface area (Å²) >= 11 is 0. The van der Waals surface area contributed by atoms with Gasteiger partial charge in [-0.15, -0.1) is 0 Å². The third-order valence-corrected chi connectivity index (χ3v) is 3.54. The largest absolute Gasteiger partial charge is 0.546 e. The average molecular weight is 313 g/mol. The first-order valence-corrected chi connectivity index (χ1v) is 6.91. The van der Waals surface area contributed by atoms with Crippen LogP contribution in [0.3, 0.4) is 0 Å². The van der Waals surface area contributed by atoms with Crippen LogP contribution in [0.15, 0.2) is 45.6 Å². The number of benzene rings is 2. The molecule has 6 heteroatoms. The van der Waals surface area contributed by atoms with E-state index in [0.29, 0.717) is 16.7 Å². The molecule has 1 aromatic heterocycles. The van der Waals surface area contributed by atoms with Crippen molar-refractivity contribution in [1.82, 2.24) is 0 Å². The van der Waals surface area contributed by atoms with Crippen LogP contribution in [-0.4, -0.2) is 19.2 Å². The Hall–Kier alpha value is -3.02. The molecule has 0 aliphatic heterocycles. The van der Waals surface area contributed by atoms with Crippen molar-refractivity contribution >= 4 is 27.7 Å². The fourth-order valence-corrected chi connectivity index (χ4v) is 2.34. The highest BCUT2D eigenvalue weighted by molar-refractivity contribution is 6.04. The Balaban J connectivity index is 2.16. The van der Waals surface area contributed by atoms with E-state index in [2.05, 4.69) is 0 Å². The lowest BCUT2D eigenvalue weighted by molar-refractivity contribution is -0.312. The van der Waals surface area contributed by atoms with Gasteiger partial charge in [-0.05, 0) is 37.3 Å². The standard InChI is InChI=1S/C17H14O6/c1-9(16(18)19)22-11-4-6-13-12-5-3-10(21-2)7-14(12)17(20)23-15(13)8-11/h3-9H,1-2H3,(H,18,19)/p-1/t9-/m1/s1. The van der Waals surface area contributed by atoms with E-state index in [-0.39, 0.29) is 5.75 Å². The molecule has 23 heavy (non-hydrogen) atoms. The van der Waals surface area contributed by atoms with E-state index in [1.54, 1.807) is 30.3 Å². The van der Waals surface area contributed by atoms with E-state index >= 15 is 0 Å². The molecule has 2 aromatic carbocycles. The van der Waals surface area contributed by atoms with Crippen LogP contribution in [0.25, 0.3) is 21.7 Å². The summed E-state index contributed by atoms with van der Waals surface area (Å²) in [4.78, 5) is 22.9. The number of ether oxygens (including phenoxy) is 2. The van der Waals surface area contributed by atoms with E-state index in [4.69, 9.17) is 13.9 Å². The summed E-state index contributed by atoms with van der Waals surface area (Å²) in [7, 11) is 1.52. The molecule has 6 nitrogen and oxygen atoms in total. The molecule has 118 valence electrons. The second-order valence-corrected chi connectivity index (χ2v) is 5.04. The molecule has 0 radical (unpaired) electrons. The lowest BCUT2D eigenvalue weighted by Crippen LogP contribution is -2.37. The summed E-state index contributed by atoms with van der Waals surface area (Å²) in [6.45, 7) is 1.36. The highest BCUT2D eigenvalue weighted by Crippen LogP contribution is 2.28. The van der Waals surface area contributed by atoms with Crippen LogP contribution in [0, 0.1) is 0 Å². The van der Waals surface area contributed by atoms with Crippen molar-refractivity contribution in [2.75, 3.05) is 7.11 Å². The second kappa shape index (κ2) is 5.64. The van der Waals surface area contributed by atoms with Gasteiger partial charge in [0.1, 0.15) is 23.2 Å². The maximum absolute atomic E-state index is 12.1. The topological polar surface area (TPSA) is 88.8 Å². The number of carbonyl (C=O) groups excluding carboxylic acids is 1. The number of carboxylic acids is 1. The Morgan fingerprint density at radius 3 is 2.48 bits per heavy atom. The van der Waals surface area contributed by atoms with Crippen LogP contribution < -0.4 is 20.2 Å². The summed E-state index contributed by atoms with van der Waals surface area (Å²) in [5.41, 5.74) is -0.188. The molecule has 0 N–H and O–H groups in total. The van der Waals surface area contributed by atoms with Gasteiger partial charge in [0.25, 0.3) is 0 Å². The van der Waals surface area contributed by atoms with Gasteiger partial charge in [-0.2, -0.15) is 0 Å². The first-order valence-electron chi connectivity index (χ1n) is 6.91. The van der Waals surface area contributed by atoms with Crippen LogP contribution in [0.2, 0.25) is 0 Å². The van der Waals surface area contributed by atoms with Gasteiger partial charge in [-0.3, -0.25) is 0 Å². The van der Waals surface area contributed by atoms with E-state index < -0.39 is 17.7 Å². The predicted octanol–water partition coefficient (Wildman–Crippen LogP) is 1.47. The van der Waals surface area contributed by atoms with E-state index in [9.17, 15) is 14.7 Å². The predicted molar refractivity (Wildman–Crippen MR) is 81.6 cm³/mol. The number of rotatable bonds is 4. The third kappa shape index (κ3) is 2.70. The number of carboxylic acid groups (broad SMARTS) is 1. The molecule has 0 fully saturated rings. The lowest BCUT2D eigenvalue weighted by Gasteiger charge is -2.15. The zero-order valence-corrected chi connectivity index (χ0v) is 12.5. The molecule has 0 amide bonds. The van der Waals surface area contributed by atoms with Crippen molar-refractivity contribution in [1.29, 1.82) is 0 Å². The highest BCUT2D eigenvalue weighted by atomic mass is 16.5. The SMILES string of the molecule is COc1ccc2c(c1)c(=O)oc1cc(O[C@H](C)C(=O)[O-])ccc12. The summed E-state index contributed by atoms with van der Waals surface area (Å²) in [5.74, 6) is -0.478. The van der Waals surface area contributed by atoms with Crippen molar-refractivity contribution in [3.8, 4) is 11.5 Å². The number of hydrogen-bond donors (Lipinski definition) is 0. The Morgan fingerprint density at radius 2 is 1.78 bits per heavy atom. The molecule has 3 aromatic rings. The van der Waals surface area contributed by atoms with Crippen molar-refractivity contribution in [3.63, 3.8) is 0 Å². The van der Waals surface area contributed by atoms with E-state index in [0.717, 1.165) is 10.8 Å². The number of aliphatic carboxylic acids is 1. The Morgan fingerprint density at radius 1 is 1.09 bits per heavy atom.